The van der Waals surface area contributed by atoms with Crippen LogP contribution in [0.1, 0.15) is 71.4 Å². The van der Waals surface area contributed by atoms with E-state index in [2.05, 4.69) is 11.7 Å². The molecule has 1 aliphatic heterocycles. The smallest absolute Gasteiger partial charge is 0.460 e. The quantitative estimate of drug-likeness (QED) is 0.402. The summed E-state index contributed by atoms with van der Waals surface area (Å²) in [6, 6.07) is 3.84. The Kier molecular flexibility index (Phi) is 6.17. The lowest BCUT2D eigenvalue weighted by Gasteiger charge is -2.32. The molecule has 0 bridgehead atoms. The second-order valence-corrected chi connectivity index (χ2v) is 10.3. The monoisotopic (exact) mass is 440 g/mol. The summed E-state index contributed by atoms with van der Waals surface area (Å²) >= 11 is 0. The van der Waals surface area contributed by atoms with E-state index in [1.54, 1.807) is 6.08 Å². The number of fused-ring (bicyclic) bond motifs is 1. The van der Waals surface area contributed by atoms with E-state index in [1.807, 2.05) is 60.6 Å². The number of ether oxygens (including phenoxy) is 1. The van der Waals surface area contributed by atoms with Gasteiger partial charge in [-0.3, -0.25) is 9.59 Å². The molecule has 1 aromatic carbocycles. The summed E-state index contributed by atoms with van der Waals surface area (Å²) in [5, 5.41) is 5.23. The lowest BCUT2D eigenvalue weighted by Crippen LogP contribution is -2.41. The maximum Gasteiger partial charge on any atom is 0.494 e. The summed E-state index contributed by atoms with van der Waals surface area (Å²) < 4.78 is 19.3. The largest absolute Gasteiger partial charge is 0.494 e. The van der Waals surface area contributed by atoms with Crippen molar-refractivity contribution in [2.75, 3.05) is 0 Å². The highest BCUT2D eigenvalue weighted by Gasteiger charge is 2.51. The second-order valence-electron chi connectivity index (χ2n) is 10.3. The van der Waals surface area contributed by atoms with Crippen molar-refractivity contribution in [1.82, 2.24) is 9.78 Å². The van der Waals surface area contributed by atoms with Crippen LogP contribution in [-0.2, 0) is 31.7 Å². The minimum atomic E-state index is -0.607. The molecule has 0 atom stereocenters. The predicted octanol–water partition coefficient (Wildman–Crippen LogP) is 3.61. The molecule has 2 heterocycles. The Morgan fingerprint density at radius 2 is 1.78 bits per heavy atom. The first-order valence-electron chi connectivity index (χ1n) is 10.9. The number of benzene rings is 1. The van der Waals surface area contributed by atoms with Crippen LogP contribution in [0.3, 0.4) is 0 Å². The maximum atomic E-state index is 12.5. The van der Waals surface area contributed by atoms with Gasteiger partial charge in [-0.2, -0.15) is 5.10 Å². The van der Waals surface area contributed by atoms with Gasteiger partial charge >= 0.3 is 13.1 Å². The van der Waals surface area contributed by atoms with Gasteiger partial charge in [0.05, 0.1) is 28.8 Å². The van der Waals surface area contributed by atoms with Gasteiger partial charge in [0.25, 0.3) is 0 Å². The highest BCUT2D eigenvalue weighted by Crippen LogP contribution is 2.37. The third kappa shape index (κ3) is 4.66. The van der Waals surface area contributed by atoms with Crippen LogP contribution in [0, 0.1) is 0 Å². The first kappa shape index (κ1) is 24.2. The highest BCUT2D eigenvalue weighted by molar-refractivity contribution is 6.62. The second kappa shape index (κ2) is 8.16. The molecule has 2 aromatic rings. The van der Waals surface area contributed by atoms with Crippen LogP contribution in [0.4, 0.5) is 0 Å². The molecule has 1 aliphatic rings. The maximum absolute atomic E-state index is 12.5. The van der Waals surface area contributed by atoms with E-state index in [0.717, 1.165) is 16.4 Å². The minimum Gasteiger partial charge on any atom is -0.460 e. The van der Waals surface area contributed by atoms with Crippen molar-refractivity contribution in [3.8, 4) is 0 Å². The van der Waals surface area contributed by atoms with E-state index in [-0.39, 0.29) is 12.3 Å². The summed E-state index contributed by atoms with van der Waals surface area (Å²) in [6.45, 7) is 18.7. The number of carbonyl (C=O) groups is 2. The van der Waals surface area contributed by atoms with Crippen molar-refractivity contribution in [3.63, 3.8) is 0 Å². The Balaban J connectivity index is 2.14. The van der Waals surface area contributed by atoms with Crippen molar-refractivity contribution in [1.29, 1.82) is 0 Å². The number of rotatable bonds is 5. The fourth-order valence-electron chi connectivity index (χ4n) is 3.74. The Bertz CT molecular complexity index is 1060. The molecule has 172 valence electrons. The topological polar surface area (TPSA) is 79.7 Å². The van der Waals surface area contributed by atoms with Crippen LogP contribution in [0.25, 0.3) is 10.9 Å². The SMILES string of the molecule is C=CCc1cc(B2OC(C)(C)C(C)(C)O2)cc2c1c(CC(=O)OC(C)(C)C)nn2C(C)=O. The molecule has 0 spiro atoms. The molecule has 0 aliphatic carbocycles. The zero-order valence-corrected chi connectivity index (χ0v) is 20.4. The molecule has 1 fully saturated rings. The molecule has 1 saturated heterocycles. The van der Waals surface area contributed by atoms with Crippen LogP contribution in [0.2, 0.25) is 0 Å². The van der Waals surface area contributed by atoms with Crippen LogP contribution in [0.15, 0.2) is 24.8 Å². The van der Waals surface area contributed by atoms with Gasteiger partial charge in [-0.25, -0.2) is 4.68 Å². The van der Waals surface area contributed by atoms with Crippen molar-refractivity contribution in [2.24, 2.45) is 0 Å². The Labute approximate surface area is 190 Å². The molecular weight excluding hydrogens is 407 g/mol. The summed E-state index contributed by atoms with van der Waals surface area (Å²) in [5.74, 6) is -0.645. The molecule has 0 N–H and O–H groups in total. The fourth-order valence-corrected chi connectivity index (χ4v) is 3.74. The highest BCUT2D eigenvalue weighted by atomic mass is 16.7. The number of nitrogens with zero attached hydrogens (tertiary/aromatic N) is 2. The summed E-state index contributed by atoms with van der Waals surface area (Å²) in [4.78, 5) is 24.9. The van der Waals surface area contributed by atoms with E-state index in [1.165, 1.54) is 11.6 Å². The summed E-state index contributed by atoms with van der Waals surface area (Å²) in [7, 11) is -0.586. The van der Waals surface area contributed by atoms with E-state index < -0.39 is 29.9 Å². The summed E-state index contributed by atoms with van der Waals surface area (Å²) in [5.41, 5.74) is 1.21. The third-order valence-electron chi connectivity index (χ3n) is 5.88. The third-order valence-corrected chi connectivity index (χ3v) is 5.88. The van der Waals surface area contributed by atoms with E-state index >= 15 is 0 Å². The van der Waals surface area contributed by atoms with Crippen molar-refractivity contribution < 1.29 is 23.6 Å². The summed E-state index contributed by atoms with van der Waals surface area (Å²) in [6.07, 6.45) is 2.29. The first-order valence-corrected chi connectivity index (χ1v) is 10.9. The van der Waals surface area contributed by atoms with Crippen LogP contribution >= 0.6 is 0 Å². The van der Waals surface area contributed by atoms with Gasteiger partial charge in [0.1, 0.15) is 5.60 Å². The number of esters is 1. The van der Waals surface area contributed by atoms with Gasteiger partial charge in [0.15, 0.2) is 0 Å². The van der Waals surface area contributed by atoms with Gasteiger partial charge in [0, 0.05) is 12.3 Å². The average molecular weight is 440 g/mol. The zero-order valence-electron chi connectivity index (χ0n) is 20.4. The zero-order chi connectivity index (χ0) is 24.1. The van der Waals surface area contributed by atoms with Gasteiger partial charge in [-0.15, -0.1) is 6.58 Å². The van der Waals surface area contributed by atoms with Crippen molar-refractivity contribution >= 4 is 35.4 Å². The molecule has 0 unspecified atom stereocenters. The molecule has 1 aromatic heterocycles. The number of allylic oxidation sites excluding steroid dienone is 1. The number of hydrogen-bond donors (Lipinski definition) is 0. The number of carbonyl (C=O) groups excluding carboxylic acids is 2. The van der Waals surface area contributed by atoms with Gasteiger partial charge in [-0.05, 0) is 72.0 Å². The standard InChI is InChI=1S/C24H33BN2O5/c1-10-11-16-12-17(25-31-23(6,7)24(8,9)32-25)13-19-21(16)18(26-27(19)15(2)28)14-20(29)30-22(3,4)5/h10,12-13H,1,11,14H2,2-9H3. The van der Waals surface area contributed by atoms with Gasteiger partial charge in [0.2, 0.25) is 5.91 Å². The molecule has 0 amide bonds. The van der Waals surface area contributed by atoms with Gasteiger partial charge < -0.3 is 14.0 Å². The first-order chi connectivity index (χ1) is 14.6. The Morgan fingerprint density at radius 3 is 2.28 bits per heavy atom. The molecule has 0 saturated carbocycles. The molecule has 0 radical (unpaired) electrons. The normalized spacial score (nSPS) is 17.6. The lowest BCUT2D eigenvalue weighted by molar-refractivity contribution is -0.153. The number of hydrogen-bond acceptors (Lipinski definition) is 6. The van der Waals surface area contributed by atoms with Crippen molar-refractivity contribution in [2.45, 2.75) is 85.0 Å². The molecular formula is C24H33BN2O5. The average Bonchev–Trinajstić information content (AvgIpc) is 3.08. The van der Waals surface area contributed by atoms with Crippen LogP contribution in [-0.4, -0.2) is 45.6 Å². The molecule has 8 heteroatoms. The molecule has 32 heavy (non-hydrogen) atoms. The fraction of sp³-hybridized carbons (Fsp3) is 0.542. The predicted molar refractivity (Wildman–Crippen MR) is 125 cm³/mol. The minimum absolute atomic E-state index is 0.0337. The van der Waals surface area contributed by atoms with E-state index in [0.29, 0.717) is 17.6 Å². The molecule has 7 nitrogen and oxygen atoms in total. The molecule has 3 rings (SSSR count). The van der Waals surface area contributed by atoms with Crippen molar-refractivity contribution in [3.05, 3.63) is 36.0 Å². The Hall–Kier alpha value is -2.45. The van der Waals surface area contributed by atoms with Gasteiger partial charge in [-0.1, -0.05) is 12.1 Å². The van der Waals surface area contributed by atoms with E-state index in [9.17, 15) is 9.59 Å². The number of aromatic nitrogens is 2. The lowest BCUT2D eigenvalue weighted by atomic mass is 9.77. The van der Waals surface area contributed by atoms with E-state index in [4.69, 9.17) is 14.0 Å². The Morgan fingerprint density at radius 1 is 1.19 bits per heavy atom. The van der Waals surface area contributed by atoms with Crippen LogP contribution in [0.5, 0.6) is 0 Å². The van der Waals surface area contributed by atoms with Crippen LogP contribution < -0.4 is 5.46 Å².